The van der Waals surface area contributed by atoms with Gasteiger partial charge in [0.15, 0.2) is 5.69 Å². The van der Waals surface area contributed by atoms with Gasteiger partial charge in [-0.2, -0.15) is 5.10 Å². The number of carbonyl (C=O) groups excluding carboxylic acids is 1. The number of fused-ring (bicyclic) bond motifs is 1. The third-order valence-corrected chi connectivity index (χ3v) is 4.94. The van der Waals surface area contributed by atoms with Crippen molar-refractivity contribution in [3.8, 4) is 0 Å². The van der Waals surface area contributed by atoms with Crippen molar-refractivity contribution in [3.05, 3.63) is 52.8 Å². The maximum Gasteiger partial charge on any atom is 0.275 e. The number of aryl methyl sites for hydroxylation is 1. The van der Waals surface area contributed by atoms with Gasteiger partial charge in [-0.15, -0.1) is 0 Å². The largest absolute Gasteiger partial charge is 0.394 e. The Morgan fingerprint density at radius 1 is 1.33 bits per heavy atom. The monoisotopic (exact) mass is 327 g/mol. The number of aromatic amines is 1. The van der Waals surface area contributed by atoms with Crippen LogP contribution in [0, 0.1) is 0 Å². The summed E-state index contributed by atoms with van der Waals surface area (Å²) in [5, 5.41) is 17.0. The van der Waals surface area contributed by atoms with Gasteiger partial charge < -0.3 is 14.7 Å². The lowest BCUT2D eigenvalue weighted by molar-refractivity contribution is -0.0812. The Balaban J connectivity index is 1.69. The molecule has 0 radical (unpaired) electrons. The topological polar surface area (TPSA) is 78.5 Å². The number of amides is 1. The maximum atomic E-state index is 13.2. The first-order valence-electron chi connectivity index (χ1n) is 8.44. The molecule has 1 aromatic carbocycles. The van der Waals surface area contributed by atoms with Crippen molar-refractivity contribution >= 4 is 5.91 Å². The van der Waals surface area contributed by atoms with Gasteiger partial charge in [-0.05, 0) is 24.8 Å². The predicted molar refractivity (Wildman–Crippen MR) is 87.7 cm³/mol. The number of nitrogens with one attached hydrogen (secondary N) is 1. The number of rotatable bonds is 3. The van der Waals surface area contributed by atoms with Crippen LogP contribution in [-0.4, -0.2) is 52.0 Å². The van der Waals surface area contributed by atoms with Crippen LogP contribution < -0.4 is 0 Å². The molecule has 0 unspecified atom stereocenters. The van der Waals surface area contributed by atoms with Crippen molar-refractivity contribution < 1.29 is 14.6 Å². The molecule has 6 nitrogen and oxygen atoms in total. The predicted octanol–water partition coefficient (Wildman–Crippen LogP) is 1.47. The summed E-state index contributed by atoms with van der Waals surface area (Å²) in [5.74, 6) is -0.0787. The summed E-state index contributed by atoms with van der Waals surface area (Å²) in [6.45, 7) is 0.797. The fourth-order valence-corrected chi connectivity index (χ4v) is 3.79. The molecule has 0 saturated carbocycles. The second-order valence-corrected chi connectivity index (χ2v) is 6.33. The normalized spacial score (nSPS) is 23.3. The minimum Gasteiger partial charge on any atom is -0.394 e. The lowest BCUT2D eigenvalue weighted by atomic mass is 9.97. The molecular formula is C18H21N3O3. The SMILES string of the molecule is O=C(c1n[nH]c2c1CCC2)N1CCO[C@H](CO)[C@H]1c1ccccc1. The minimum atomic E-state index is -0.419. The molecule has 126 valence electrons. The number of ether oxygens (including phenoxy) is 1. The van der Waals surface area contributed by atoms with E-state index in [9.17, 15) is 9.90 Å². The highest BCUT2D eigenvalue weighted by molar-refractivity contribution is 5.94. The Morgan fingerprint density at radius 3 is 2.96 bits per heavy atom. The molecule has 2 heterocycles. The molecule has 6 heteroatoms. The lowest BCUT2D eigenvalue weighted by Crippen LogP contribution is -2.49. The molecule has 4 rings (SSSR count). The highest BCUT2D eigenvalue weighted by atomic mass is 16.5. The fourth-order valence-electron chi connectivity index (χ4n) is 3.79. The Morgan fingerprint density at radius 2 is 2.17 bits per heavy atom. The Bertz CT molecular complexity index is 728. The van der Waals surface area contributed by atoms with E-state index < -0.39 is 6.10 Å². The van der Waals surface area contributed by atoms with Gasteiger partial charge in [0.05, 0.1) is 19.3 Å². The van der Waals surface area contributed by atoms with Gasteiger partial charge in [-0.25, -0.2) is 0 Å². The molecule has 1 fully saturated rings. The van der Waals surface area contributed by atoms with Gasteiger partial charge in [-0.1, -0.05) is 30.3 Å². The fraction of sp³-hybridized carbons (Fsp3) is 0.444. The number of hydrogen-bond donors (Lipinski definition) is 2. The highest BCUT2D eigenvalue weighted by Crippen LogP contribution is 2.32. The van der Waals surface area contributed by atoms with Crippen molar-refractivity contribution in [2.75, 3.05) is 19.8 Å². The zero-order valence-corrected chi connectivity index (χ0v) is 13.4. The van der Waals surface area contributed by atoms with E-state index in [1.165, 1.54) is 0 Å². The van der Waals surface area contributed by atoms with Crippen LogP contribution in [-0.2, 0) is 17.6 Å². The number of carbonyl (C=O) groups is 1. The van der Waals surface area contributed by atoms with Crippen molar-refractivity contribution in [1.29, 1.82) is 0 Å². The van der Waals surface area contributed by atoms with Crippen LogP contribution in [0.5, 0.6) is 0 Å². The Kier molecular flexibility index (Phi) is 4.08. The van der Waals surface area contributed by atoms with E-state index in [2.05, 4.69) is 10.2 Å². The summed E-state index contributed by atoms with van der Waals surface area (Å²) >= 11 is 0. The van der Waals surface area contributed by atoms with E-state index in [-0.39, 0.29) is 18.6 Å². The smallest absolute Gasteiger partial charge is 0.275 e. The van der Waals surface area contributed by atoms with Gasteiger partial charge in [0.25, 0.3) is 5.91 Å². The molecule has 24 heavy (non-hydrogen) atoms. The number of aromatic nitrogens is 2. The van der Waals surface area contributed by atoms with Gasteiger partial charge in [0, 0.05) is 17.8 Å². The number of morpholine rings is 1. The molecule has 2 atom stereocenters. The van der Waals surface area contributed by atoms with Crippen molar-refractivity contribution in [2.45, 2.75) is 31.4 Å². The molecule has 0 bridgehead atoms. The molecule has 2 N–H and O–H groups in total. The summed E-state index contributed by atoms with van der Waals surface area (Å²) in [5.41, 5.74) is 3.64. The highest BCUT2D eigenvalue weighted by Gasteiger charge is 2.38. The summed E-state index contributed by atoms with van der Waals surface area (Å²) < 4.78 is 5.71. The molecule has 1 aromatic heterocycles. The number of aliphatic hydroxyl groups excluding tert-OH is 1. The third-order valence-electron chi connectivity index (χ3n) is 4.94. The molecule has 0 spiro atoms. The Hall–Kier alpha value is -2.18. The van der Waals surface area contributed by atoms with Crippen molar-refractivity contribution in [3.63, 3.8) is 0 Å². The van der Waals surface area contributed by atoms with Crippen LogP contribution in [0.4, 0.5) is 0 Å². The van der Waals surface area contributed by atoms with Crippen LogP contribution in [0.15, 0.2) is 30.3 Å². The molecule has 1 aliphatic carbocycles. The minimum absolute atomic E-state index is 0.0787. The van der Waals surface area contributed by atoms with Gasteiger partial charge in [0.1, 0.15) is 6.10 Å². The van der Waals surface area contributed by atoms with Crippen molar-refractivity contribution in [1.82, 2.24) is 15.1 Å². The first-order chi connectivity index (χ1) is 11.8. The molecule has 2 aromatic rings. The van der Waals surface area contributed by atoms with E-state index in [0.29, 0.717) is 18.8 Å². The zero-order valence-electron chi connectivity index (χ0n) is 13.4. The standard InChI is InChI=1S/C18H21N3O3/c22-11-15-17(12-5-2-1-3-6-12)21(9-10-24-15)18(23)16-13-7-4-8-14(13)19-20-16/h1-3,5-6,15,17,22H,4,7-11H2,(H,19,20)/t15-,17-/m1/s1. The number of H-pyrrole nitrogens is 1. The molecule has 2 aliphatic rings. The number of hydrogen-bond acceptors (Lipinski definition) is 4. The average Bonchev–Trinajstić information content (AvgIpc) is 3.24. The van der Waals surface area contributed by atoms with Gasteiger partial charge in [-0.3, -0.25) is 9.89 Å². The van der Waals surface area contributed by atoms with Gasteiger partial charge >= 0.3 is 0 Å². The van der Waals surface area contributed by atoms with Crippen LogP contribution in [0.1, 0.15) is 39.8 Å². The lowest BCUT2D eigenvalue weighted by Gasteiger charge is -2.40. The number of nitrogens with zero attached hydrogens (tertiary/aromatic N) is 2. The van der Waals surface area contributed by atoms with Gasteiger partial charge in [0.2, 0.25) is 0 Å². The van der Waals surface area contributed by atoms with Crippen molar-refractivity contribution in [2.24, 2.45) is 0 Å². The summed E-state index contributed by atoms with van der Waals surface area (Å²) in [6.07, 6.45) is 2.50. The quantitative estimate of drug-likeness (QED) is 0.895. The first-order valence-corrected chi connectivity index (χ1v) is 8.44. The average molecular weight is 327 g/mol. The van der Waals surface area contributed by atoms with Crippen LogP contribution in [0.25, 0.3) is 0 Å². The van der Waals surface area contributed by atoms with Crippen LogP contribution in [0.3, 0.4) is 0 Å². The molecule has 1 aliphatic heterocycles. The molecule has 1 amide bonds. The van der Waals surface area contributed by atoms with E-state index in [1.54, 1.807) is 4.90 Å². The molecular weight excluding hydrogens is 306 g/mol. The van der Waals surface area contributed by atoms with Crippen LogP contribution in [0.2, 0.25) is 0 Å². The first kappa shape index (κ1) is 15.4. The second-order valence-electron chi connectivity index (χ2n) is 6.33. The van der Waals surface area contributed by atoms with E-state index >= 15 is 0 Å². The summed E-state index contributed by atoms with van der Waals surface area (Å²) in [4.78, 5) is 15.0. The maximum absolute atomic E-state index is 13.2. The molecule has 1 saturated heterocycles. The summed E-state index contributed by atoms with van der Waals surface area (Å²) in [7, 11) is 0. The van der Waals surface area contributed by atoms with E-state index in [1.807, 2.05) is 30.3 Å². The van der Waals surface area contributed by atoms with Crippen LogP contribution >= 0.6 is 0 Å². The second kappa shape index (κ2) is 6.37. The summed E-state index contributed by atoms with van der Waals surface area (Å²) in [6, 6.07) is 9.45. The van der Waals surface area contributed by atoms with E-state index in [0.717, 1.165) is 36.1 Å². The third kappa shape index (κ3) is 2.52. The number of aliphatic hydroxyl groups is 1. The zero-order chi connectivity index (χ0) is 16.5. The Labute approximate surface area is 140 Å². The van der Waals surface area contributed by atoms with E-state index in [4.69, 9.17) is 4.74 Å². The number of benzene rings is 1.